The average Bonchev–Trinajstić information content (AvgIpc) is 3.16. The van der Waals surface area contributed by atoms with Crippen LogP contribution < -0.4 is 19.9 Å². The maximum absolute atomic E-state index is 12.9. The normalized spacial score (nSPS) is 19.3. The molecule has 0 saturated carbocycles. The lowest BCUT2D eigenvalue weighted by molar-refractivity contribution is -0.122. The zero-order valence-corrected chi connectivity index (χ0v) is 16.5. The highest BCUT2D eigenvalue weighted by Crippen LogP contribution is 2.30. The molecule has 2 heterocycles. The maximum Gasteiger partial charge on any atom is 0.229 e. The smallest absolute Gasteiger partial charge is 0.229 e. The quantitative estimate of drug-likeness (QED) is 0.842. The summed E-state index contributed by atoms with van der Waals surface area (Å²) in [7, 11) is 1.59. The highest BCUT2D eigenvalue weighted by Gasteiger charge is 2.35. The fraction of sp³-hybridized carbons (Fsp3) is 0.364. The summed E-state index contributed by atoms with van der Waals surface area (Å²) in [6, 6.07) is 15.1. The molecule has 0 bridgehead atoms. The lowest BCUT2D eigenvalue weighted by atomic mass is 10.1. The Morgan fingerprint density at radius 2 is 1.93 bits per heavy atom. The zero-order valence-electron chi connectivity index (χ0n) is 16.5. The molecule has 152 valence electrons. The number of amides is 2. The summed E-state index contributed by atoms with van der Waals surface area (Å²) in [5.41, 5.74) is 2.50. The maximum atomic E-state index is 12.9. The minimum Gasteiger partial charge on any atom is -0.497 e. The van der Waals surface area contributed by atoms with Gasteiger partial charge in [0, 0.05) is 37.8 Å². The molecule has 0 radical (unpaired) electrons. The van der Waals surface area contributed by atoms with Gasteiger partial charge in [0.1, 0.15) is 5.75 Å². The van der Waals surface area contributed by atoms with Crippen LogP contribution in [-0.4, -0.2) is 51.8 Å². The van der Waals surface area contributed by atoms with Gasteiger partial charge in [-0.3, -0.25) is 9.59 Å². The number of benzene rings is 2. The van der Waals surface area contributed by atoms with Gasteiger partial charge in [-0.05, 0) is 24.3 Å². The third kappa shape index (κ3) is 4.19. The second kappa shape index (κ2) is 8.53. The molecule has 2 saturated heterocycles. The van der Waals surface area contributed by atoms with Crippen LogP contribution in [0.2, 0.25) is 0 Å². The van der Waals surface area contributed by atoms with Crippen molar-refractivity contribution in [2.45, 2.75) is 6.42 Å². The average molecular weight is 395 g/mol. The minimum absolute atomic E-state index is 0.0557. The van der Waals surface area contributed by atoms with E-state index >= 15 is 0 Å². The van der Waals surface area contributed by atoms with Crippen LogP contribution in [0.4, 0.5) is 17.1 Å². The number of nitrogens with one attached hydrogen (secondary N) is 1. The first-order chi connectivity index (χ1) is 14.2. The molecule has 1 N–H and O–H groups in total. The number of para-hydroxylation sites is 2. The van der Waals surface area contributed by atoms with Crippen LogP contribution in [0.1, 0.15) is 6.42 Å². The number of nitrogens with zero attached hydrogens (tertiary/aromatic N) is 2. The summed E-state index contributed by atoms with van der Waals surface area (Å²) < 4.78 is 10.7. The van der Waals surface area contributed by atoms with Crippen LogP contribution in [-0.2, 0) is 14.3 Å². The molecule has 2 fully saturated rings. The summed E-state index contributed by atoms with van der Waals surface area (Å²) in [6.07, 6.45) is 0.197. The van der Waals surface area contributed by atoms with Crippen molar-refractivity contribution in [2.24, 2.45) is 5.92 Å². The topological polar surface area (TPSA) is 71.1 Å². The van der Waals surface area contributed by atoms with Crippen LogP contribution in [0, 0.1) is 5.92 Å². The van der Waals surface area contributed by atoms with Gasteiger partial charge in [-0.1, -0.05) is 18.2 Å². The number of hydrogen-bond donors (Lipinski definition) is 1. The Labute approximate surface area is 170 Å². The van der Waals surface area contributed by atoms with Gasteiger partial charge in [0.15, 0.2) is 0 Å². The molecule has 2 aliphatic heterocycles. The predicted octanol–water partition coefficient (Wildman–Crippen LogP) is 2.52. The molecule has 1 unspecified atom stereocenters. The standard InChI is InChI=1S/C22H25N3O4/c1-28-18-6-4-5-17(14-18)25-15-16(13-21(25)26)22(27)23-19-7-2-3-8-20(19)24-9-11-29-12-10-24/h2-8,14,16H,9-13,15H2,1H3,(H,23,27). The molecule has 2 aliphatic rings. The van der Waals surface area contributed by atoms with E-state index in [0.717, 1.165) is 30.2 Å². The van der Waals surface area contributed by atoms with Gasteiger partial charge in [0.2, 0.25) is 11.8 Å². The summed E-state index contributed by atoms with van der Waals surface area (Å²) in [5, 5.41) is 3.04. The summed E-state index contributed by atoms with van der Waals surface area (Å²) in [4.78, 5) is 29.3. The molecule has 29 heavy (non-hydrogen) atoms. The van der Waals surface area contributed by atoms with Crippen molar-refractivity contribution in [1.29, 1.82) is 0 Å². The van der Waals surface area contributed by atoms with Crippen LogP contribution >= 0.6 is 0 Å². The number of methoxy groups -OCH3 is 1. The number of ether oxygens (including phenoxy) is 2. The number of morpholine rings is 1. The van der Waals surface area contributed by atoms with Crippen LogP contribution in [0.25, 0.3) is 0 Å². The zero-order chi connectivity index (χ0) is 20.2. The van der Waals surface area contributed by atoms with E-state index in [-0.39, 0.29) is 18.2 Å². The number of hydrogen-bond acceptors (Lipinski definition) is 5. The largest absolute Gasteiger partial charge is 0.497 e. The Hall–Kier alpha value is -3.06. The van der Waals surface area contributed by atoms with Crippen LogP contribution in [0.15, 0.2) is 48.5 Å². The van der Waals surface area contributed by atoms with E-state index in [1.165, 1.54) is 0 Å². The van der Waals surface area contributed by atoms with E-state index in [0.29, 0.717) is 25.5 Å². The number of carbonyl (C=O) groups is 2. The van der Waals surface area contributed by atoms with Crippen molar-refractivity contribution in [1.82, 2.24) is 0 Å². The Morgan fingerprint density at radius 3 is 2.72 bits per heavy atom. The molecule has 1 atom stereocenters. The SMILES string of the molecule is COc1cccc(N2CC(C(=O)Nc3ccccc3N3CCOCC3)CC2=O)c1. The van der Waals surface area contributed by atoms with Crippen molar-refractivity contribution in [3.63, 3.8) is 0 Å². The third-order valence-corrected chi connectivity index (χ3v) is 5.37. The van der Waals surface area contributed by atoms with Crippen LogP contribution in [0.3, 0.4) is 0 Å². The van der Waals surface area contributed by atoms with Gasteiger partial charge in [-0.25, -0.2) is 0 Å². The fourth-order valence-corrected chi connectivity index (χ4v) is 3.81. The van der Waals surface area contributed by atoms with Gasteiger partial charge in [-0.2, -0.15) is 0 Å². The van der Waals surface area contributed by atoms with E-state index in [9.17, 15) is 9.59 Å². The fourth-order valence-electron chi connectivity index (χ4n) is 3.81. The minimum atomic E-state index is -0.397. The Kier molecular flexibility index (Phi) is 5.67. The summed E-state index contributed by atoms with van der Waals surface area (Å²) in [5.74, 6) is 0.0957. The molecule has 2 aromatic rings. The van der Waals surface area contributed by atoms with Crippen molar-refractivity contribution < 1.29 is 19.1 Å². The molecule has 0 aromatic heterocycles. The first kappa shape index (κ1) is 19.3. The molecule has 4 rings (SSSR count). The molecule has 2 aromatic carbocycles. The van der Waals surface area contributed by atoms with E-state index in [1.807, 2.05) is 48.5 Å². The van der Waals surface area contributed by atoms with Crippen LogP contribution in [0.5, 0.6) is 5.75 Å². The van der Waals surface area contributed by atoms with Crippen molar-refractivity contribution >= 4 is 28.9 Å². The Morgan fingerprint density at radius 1 is 1.14 bits per heavy atom. The molecular weight excluding hydrogens is 370 g/mol. The van der Waals surface area contributed by atoms with Gasteiger partial charge < -0.3 is 24.6 Å². The molecule has 7 heteroatoms. The molecule has 7 nitrogen and oxygen atoms in total. The van der Waals surface area contributed by atoms with E-state index in [2.05, 4.69) is 10.2 Å². The van der Waals surface area contributed by atoms with Gasteiger partial charge in [0.05, 0.1) is 37.6 Å². The molecule has 2 amide bonds. The highest BCUT2D eigenvalue weighted by atomic mass is 16.5. The lowest BCUT2D eigenvalue weighted by Crippen LogP contribution is -2.37. The van der Waals surface area contributed by atoms with Crippen molar-refractivity contribution in [3.8, 4) is 5.75 Å². The molecule has 0 spiro atoms. The Balaban J connectivity index is 1.46. The highest BCUT2D eigenvalue weighted by molar-refractivity contribution is 6.04. The van der Waals surface area contributed by atoms with E-state index < -0.39 is 5.92 Å². The predicted molar refractivity (Wildman–Crippen MR) is 112 cm³/mol. The van der Waals surface area contributed by atoms with Gasteiger partial charge in [0.25, 0.3) is 0 Å². The molecule has 0 aliphatic carbocycles. The first-order valence-electron chi connectivity index (χ1n) is 9.82. The third-order valence-electron chi connectivity index (χ3n) is 5.37. The van der Waals surface area contributed by atoms with Crippen molar-refractivity contribution in [2.75, 3.05) is 55.1 Å². The van der Waals surface area contributed by atoms with Gasteiger partial charge in [-0.15, -0.1) is 0 Å². The van der Waals surface area contributed by atoms with E-state index in [4.69, 9.17) is 9.47 Å². The van der Waals surface area contributed by atoms with E-state index in [1.54, 1.807) is 12.0 Å². The number of anilines is 3. The second-order valence-electron chi connectivity index (χ2n) is 7.21. The monoisotopic (exact) mass is 395 g/mol. The van der Waals surface area contributed by atoms with Gasteiger partial charge >= 0.3 is 0 Å². The summed E-state index contributed by atoms with van der Waals surface area (Å²) in [6.45, 7) is 3.29. The lowest BCUT2D eigenvalue weighted by Gasteiger charge is -2.30. The first-order valence-corrected chi connectivity index (χ1v) is 9.82. The number of carbonyl (C=O) groups excluding carboxylic acids is 2. The molecular formula is C22H25N3O4. The second-order valence-corrected chi connectivity index (χ2v) is 7.21. The Bertz CT molecular complexity index is 895. The summed E-state index contributed by atoms with van der Waals surface area (Å²) >= 11 is 0. The number of rotatable bonds is 5. The van der Waals surface area contributed by atoms with Crippen molar-refractivity contribution in [3.05, 3.63) is 48.5 Å².